The van der Waals surface area contributed by atoms with Crippen molar-refractivity contribution in [1.82, 2.24) is 5.32 Å². The molecule has 4 rings (SSSR count). The van der Waals surface area contributed by atoms with Gasteiger partial charge in [0.15, 0.2) is 16.7 Å². The summed E-state index contributed by atoms with van der Waals surface area (Å²) in [6, 6.07) is 10.2. The normalized spacial score (nSPS) is 19.2. The number of amidine groups is 1. The molecule has 2 heterocycles. The third-order valence-corrected chi connectivity index (χ3v) is 6.03. The molecule has 0 saturated carbocycles. The Morgan fingerprint density at radius 1 is 1.21 bits per heavy atom. The van der Waals surface area contributed by atoms with Gasteiger partial charge in [-0.2, -0.15) is 0 Å². The highest BCUT2D eigenvalue weighted by Crippen LogP contribution is 2.35. The maximum absolute atomic E-state index is 12.3. The number of ether oxygens (including phenoxy) is 2. The molecule has 1 atom stereocenters. The third-order valence-electron chi connectivity index (χ3n) is 4.13. The Labute approximate surface area is 180 Å². The molecule has 0 spiro atoms. The second-order valence-electron chi connectivity index (χ2n) is 6.19. The first kappa shape index (κ1) is 19.9. The number of carbonyl (C=O) groups excluding carboxylic acids is 2. The van der Waals surface area contributed by atoms with Crippen LogP contribution >= 0.6 is 35.0 Å². The van der Waals surface area contributed by atoms with Crippen LogP contribution in [0.1, 0.15) is 6.42 Å². The lowest BCUT2D eigenvalue weighted by Crippen LogP contribution is -2.28. The van der Waals surface area contributed by atoms with Crippen molar-refractivity contribution in [3.8, 4) is 11.5 Å². The molecule has 2 aromatic carbocycles. The predicted octanol–water partition coefficient (Wildman–Crippen LogP) is 4.01. The number of nitrogens with one attached hydrogen (secondary N) is 2. The van der Waals surface area contributed by atoms with Gasteiger partial charge in [0.05, 0.1) is 21.4 Å². The fraction of sp³-hybridized carbons (Fsp3) is 0.211. The standard InChI is InChI=1S/C19H15Cl2N3O4S/c20-11-2-1-3-12(17(11)21)23-16(25)9-15-18(26)24-19(29-15)22-10-4-5-13-14(8-10)28-7-6-27-13/h1-5,8,15H,6-7,9H2,(H,23,25)(H,22,24,26). The topological polar surface area (TPSA) is 89.0 Å². The van der Waals surface area contributed by atoms with Crippen LogP contribution in [0.15, 0.2) is 41.4 Å². The van der Waals surface area contributed by atoms with Gasteiger partial charge in [0, 0.05) is 12.5 Å². The van der Waals surface area contributed by atoms with E-state index < -0.39 is 5.25 Å². The van der Waals surface area contributed by atoms with Gasteiger partial charge < -0.3 is 20.1 Å². The number of thioether (sulfide) groups is 1. The highest BCUT2D eigenvalue weighted by Gasteiger charge is 2.32. The van der Waals surface area contributed by atoms with Gasteiger partial charge in [-0.25, -0.2) is 4.99 Å². The van der Waals surface area contributed by atoms with Crippen LogP contribution in [0.4, 0.5) is 11.4 Å². The van der Waals surface area contributed by atoms with E-state index in [1.165, 1.54) is 11.8 Å². The monoisotopic (exact) mass is 451 g/mol. The lowest BCUT2D eigenvalue weighted by molar-refractivity contribution is -0.122. The zero-order chi connectivity index (χ0) is 20.4. The summed E-state index contributed by atoms with van der Waals surface area (Å²) in [6.45, 7) is 0.989. The van der Waals surface area contributed by atoms with Gasteiger partial charge in [-0.1, -0.05) is 41.0 Å². The minimum Gasteiger partial charge on any atom is -0.486 e. The van der Waals surface area contributed by atoms with Crippen LogP contribution in [0.5, 0.6) is 11.5 Å². The summed E-state index contributed by atoms with van der Waals surface area (Å²) in [5.41, 5.74) is 1.02. The summed E-state index contributed by atoms with van der Waals surface area (Å²) in [5, 5.41) is 5.80. The largest absolute Gasteiger partial charge is 0.486 e. The summed E-state index contributed by atoms with van der Waals surface area (Å²) in [5.74, 6) is 0.653. The zero-order valence-electron chi connectivity index (χ0n) is 14.9. The molecule has 2 aliphatic heterocycles. The van der Waals surface area contributed by atoms with Crippen molar-refractivity contribution >= 4 is 63.3 Å². The number of benzene rings is 2. The first-order chi connectivity index (χ1) is 14.0. The molecule has 2 N–H and O–H groups in total. The van der Waals surface area contributed by atoms with Gasteiger partial charge in [0.1, 0.15) is 18.5 Å². The predicted molar refractivity (Wildman–Crippen MR) is 114 cm³/mol. The number of amides is 2. The summed E-state index contributed by atoms with van der Waals surface area (Å²) in [4.78, 5) is 29.0. The quantitative estimate of drug-likeness (QED) is 0.732. The highest BCUT2D eigenvalue weighted by atomic mass is 35.5. The minimum atomic E-state index is -0.594. The van der Waals surface area contributed by atoms with Gasteiger partial charge in [0.25, 0.3) is 0 Å². The molecular formula is C19H15Cl2N3O4S. The van der Waals surface area contributed by atoms with Crippen LogP contribution in [0.25, 0.3) is 0 Å². The van der Waals surface area contributed by atoms with Crippen molar-refractivity contribution in [2.24, 2.45) is 4.99 Å². The van der Waals surface area contributed by atoms with Crippen molar-refractivity contribution in [1.29, 1.82) is 0 Å². The number of fused-ring (bicyclic) bond motifs is 1. The van der Waals surface area contributed by atoms with Gasteiger partial charge in [-0.05, 0) is 24.3 Å². The van der Waals surface area contributed by atoms with E-state index in [0.717, 1.165) is 0 Å². The molecule has 2 aromatic rings. The molecule has 0 aromatic heterocycles. The van der Waals surface area contributed by atoms with Gasteiger partial charge in [-0.3, -0.25) is 9.59 Å². The number of halogens is 2. The van der Waals surface area contributed by atoms with Crippen LogP contribution < -0.4 is 20.1 Å². The van der Waals surface area contributed by atoms with E-state index in [4.69, 9.17) is 32.7 Å². The average Bonchev–Trinajstić information content (AvgIpc) is 3.04. The molecular weight excluding hydrogens is 437 g/mol. The molecule has 10 heteroatoms. The first-order valence-corrected chi connectivity index (χ1v) is 10.3. The number of hydrogen-bond donors (Lipinski definition) is 2. The summed E-state index contributed by atoms with van der Waals surface area (Å²) in [6.07, 6.45) is -0.0283. The Bertz CT molecular complexity index is 1010. The van der Waals surface area contributed by atoms with Crippen LogP contribution in [0.2, 0.25) is 10.0 Å². The minimum absolute atomic E-state index is 0.0283. The van der Waals surface area contributed by atoms with Crippen molar-refractivity contribution in [3.63, 3.8) is 0 Å². The second-order valence-corrected chi connectivity index (χ2v) is 8.17. The second kappa shape index (κ2) is 8.52. The number of nitrogens with zero attached hydrogens (tertiary/aromatic N) is 1. The fourth-order valence-corrected chi connectivity index (χ4v) is 4.12. The molecule has 1 fully saturated rings. The molecule has 29 heavy (non-hydrogen) atoms. The fourth-order valence-electron chi connectivity index (χ4n) is 2.78. The molecule has 1 unspecified atom stereocenters. The Kier molecular flexibility index (Phi) is 5.84. The molecule has 1 saturated heterocycles. The van der Waals surface area contributed by atoms with E-state index in [1.807, 2.05) is 0 Å². The van der Waals surface area contributed by atoms with Crippen molar-refractivity contribution in [3.05, 3.63) is 46.4 Å². The van der Waals surface area contributed by atoms with Crippen LogP contribution in [-0.4, -0.2) is 35.4 Å². The van der Waals surface area contributed by atoms with E-state index in [1.54, 1.807) is 36.4 Å². The summed E-state index contributed by atoms with van der Waals surface area (Å²) >= 11 is 13.2. The van der Waals surface area contributed by atoms with Gasteiger partial charge in [0.2, 0.25) is 11.8 Å². The van der Waals surface area contributed by atoms with E-state index in [0.29, 0.717) is 46.3 Å². The van der Waals surface area contributed by atoms with E-state index in [9.17, 15) is 9.59 Å². The Hall–Kier alpha value is -2.42. The lowest BCUT2D eigenvalue weighted by atomic mass is 10.2. The molecule has 0 aliphatic carbocycles. The van der Waals surface area contributed by atoms with E-state index >= 15 is 0 Å². The molecule has 0 bridgehead atoms. The first-order valence-electron chi connectivity index (χ1n) is 8.69. The van der Waals surface area contributed by atoms with Crippen molar-refractivity contribution in [2.75, 3.05) is 18.5 Å². The molecule has 2 amide bonds. The van der Waals surface area contributed by atoms with Gasteiger partial charge in [-0.15, -0.1) is 0 Å². The average molecular weight is 452 g/mol. The van der Waals surface area contributed by atoms with Crippen LogP contribution in [0.3, 0.4) is 0 Å². The number of aliphatic imine (C=N–C) groups is 1. The maximum Gasteiger partial charge on any atom is 0.240 e. The number of carbonyl (C=O) groups is 2. The Balaban J connectivity index is 1.40. The number of anilines is 1. The molecule has 150 valence electrons. The summed E-state index contributed by atoms with van der Waals surface area (Å²) < 4.78 is 11.0. The van der Waals surface area contributed by atoms with Crippen molar-refractivity contribution < 1.29 is 19.1 Å². The number of hydrogen-bond acceptors (Lipinski definition) is 6. The van der Waals surface area contributed by atoms with Crippen molar-refractivity contribution in [2.45, 2.75) is 11.7 Å². The lowest BCUT2D eigenvalue weighted by Gasteiger charge is -2.18. The van der Waals surface area contributed by atoms with Gasteiger partial charge >= 0.3 is 0 Å². The molecule has 0 radical (unpaired) electrons. The van der Waals surface area contributed by atoms with Crippen LogP contribution in [0, 0.1) is 0 Å². The van der Waals surface area contributed by atoms with E-state index in [-0.39, 0.29) is 23.3 Å². The Morgan fingerprint density at radius 2 is 2.00 bits per heavy atom. The number of rotatable bonds is 4. The Morgan fingerprint density at radius 3 is 2.83 bits per heavy atom. The highest BCUT2D eigenvalue weighted by molar-refractivity contribution is 8.15. The molecule has 7 nitrogen and oxygen atoms in total. The maximum atomic E-state index is 12.3. The van der Waals surface area contributed by atoms with E-state index in [2.05, 4.69) is 15.6 Å². The summed E-state index contributed by atoms with van der Waals surface area (Å²) in [7, 11) is 0. The smallest absolute Gasteiger partial charge is 0.240 e. The zero-order valence-corrected chi connectivity index (χ0v) is 17.2. The third kappa shape index (κ3) is 4.60. The SMILES string of the molecule is O=C(CC1SC(=Nc2ccc3c(c2)OCCO3)NC1=O)Nc1cccc(Cl)c1Cl. The molecule has 2 aliphatic rings. The van der Waals surface area contributed by atoms with Crippen LogP contribution in [-0.2, 0) is 9.59 Å².